The van der Waals surface area contributed by atoms with Crippen LogP contribution < -0.4 is 5.32 Å². The third kappa shape index (κ3) is 3.29. The van der Waals surface area contributed by atoms with Crippen LogP contribution in [-0.4, -0.2) is 22.7 Å². The van der Waals surface area contributed by atoms with E-state index in [4.69, 9.17) is 0 Å². The van der Waals surface area contributed by atoms with Crippen LogP contribution in [0.25, 0.3) is 0 Å². The lowest BCUT2D eigenvalue weighted by molar-refractivity contribution is -0.117. The SMILES string of the molecule is CCCCCNC(=O)C1=CCCC(O)=C1O. The molecule has 1 aliphatic carbocycles. The van der Waals surface area contributed by atoms with Gasteiger partial charge in [-0.2, -0.15) is 0 Å². The Bertz CT molecular complexity index is 318. The summed E-state index contributed by atoms with van der Waals surface area (Å²) in [5, 5.41) is 21.6. The molecule has 0 radical (unpaired) electrons. The van der Waals surface area contributed by atoms with Gasteiger partial charge in [-0.1, -0.05) is 25.8 Å². The first-order valence-electron chi connectivity index (χ1n) is 5.76. The van der Waals surface area contributed by atoms with Crippen LogP contribution in [0.4, 0.5) is 0 Å². The Morgan fingerprint density at radius 1 is 1.44 bits per heavy atom. The zero-order valence-electron chi connectivity index (χ0n) is 9.62. The predicted octanol–water partition coefficient (Wildman–Crippen LogP) is 2.34. The molecule has 0 saturated heterocycles. The van der Waals surface area contributed by atoms with Crippen molar-refractivity contribution in [1.82, 2.24) is 5.32 Å². The Hall–Kier alpha value is -1.45. The fourth-order valence-electron chi connectivity index (χ4n) is 1.60. The Balaban J connectivity index is 2.45. The van der Waals surface area contributed by atoms with E-state index in [-0.39, 0.29) is 23.0 Å². The van der Waals surface area contributed by atoms with Crippen LogP contribution in [-0.2, 0) is 4.79 Å². The zero-order chi connectivity index (χ0) is 12.0. The average molecular weight is 225 g/mol. The van der Waals surface area contributed by atoms with E-state index in [1.165, 1.54) is 0 Å². The van der Waals surface area contributed by atoms with Crippen LogP contribution >= 0.6 is 0 Å². The lowest BCUT2D eigenvalue weighted by Crippen LogP contribution is -2.27. The highest BCUT2D eigenvalue weighted by molar-refractivity contribution is 5.97. The van der Waals surface area contributed by atoms with Gasteiger partial charge in [0, 0.05) is 13.0 Å². The first-order chi connectivity index (χ1) is 7.66. The monoisotopic (exact) mass is 225 g/mol. The highest BCUT2D eigenvalue weighted by atomic mass is 16.3. The standard InChI is InChI=1S/C12H19NO3/c1-2-3-4-8-13-12(16)9-6-5-7-10(14)11(9)15/h6,14-15H,2-5,7-8H2,1H3,(H,13,16). The first-order valence-corrected chi connectivity index (χ1v) is 5.76. The van der Waals surface area contributed by atoms with Crippen LogP contribution in [0.1, 0.15) is 39.0 Å². The topological polar surface area (TPSA) is 69.6 Å². The minimum absolute atomic E-state index is 0.0961. The van der Waals surface area contributed by atoms with E-state index in [1.807, 2.05) is 0 Å². The molecule has 0 aromatic rings. The van der Waals surface area contributed by atoms with Gasteiger partial charge in [0.05, 0.1) is 5.57 Å². The van der Waals surface area contributed by atoms with Crippen LogP contribution in [0.2, 0.25) is 0 Å². The van der Waals surface area contributed by atoms with Crippen molar-refractivity contribution in [2.45, 2.75) is 39.0 Å². The molecule has 4 nitrogen and oxygen atoms in total. The molecule has 0 aliphatic heterocycles. The van der Waals surface area contributed by atoms with Crippen molar-refractivity contribution in [3.05, 3.63) is 23.2 Å². The average Bonchev–Trinajstić information content (AvgIpc) is 2.28. The van der Waals surface area contributed by atoms with E-state index in [1.54, 1.807) is 6.08 Å². The highest BCUT2D eigenvalue weighted by Gasteiger charge is 2.20. The maximum Gasteiger partial charge on any atom is 0.254 e. The molecule has 1 amide bonds. The number of hydrogen-bond donors (Lipinski definition) is 3. The summed E-state index contributed by atoms with van der Waals surface area (Å²) in [4.78, 5) is 11.6. The third-order valence-corrected chi connectivity index (χ3v) is 2.57. The van der Waals surface area contributed by atoms with Crippen LogP contribution in [0.15, 0.2) is 23.2 Å². The molecule has 0 bridgehead atoms. The van der Waals surface area contributed by atoms with Crippen molar-refractivity contribution >= 4 is 5.91 Å². The number of nitrogens with one attached hydrogen (secondary N) is 1. The maximum absolute atomic E-state index is 11.6. The van der Waals surface area contributed by atoms with Gasteiger partial charge in [0.1, 0.15) is 5.76 Å². The van der Waals surface area contributed by atoms with Crippen molar-refractivity contribution in [1.29, 1.82) is 0 Å². The zero-order valence-corrected chi connectivity index (χ0v) is 9.62. The number of aliphatic hydroxyl groups is 2. The lowest BCUT2D eigenvalue weighted by atomic mass is 10.0. The summed E-state index contributed by atoms with van der Waals surface area (Å²) in [6, 6.07) is 0. The molecule has 0 aromatic carbocycles. The normalized spacial score (nSPS) is 15.9. The van der Waals surface area contributed by atoms with Crippen LogP contribution in [0.3, 0.4) is 0 Å². The van der Waals surface area contributed by atoms with Crippen molar-refractivity contribution in [2.75, 3.05) is 6.54 Å². The summed E-state index contributed by atoms with van der Waals surface area (Å²) in [5.41, 5.74) is 0.195. The fraction of sp³-hybridized carbons (Fsp3) is 0.583. The van der Waals surface area contributed by atoms with Gasteiger partial charge in [-0.25, -0.2) is 0 Å². The molecule has 3 N–H and O–H groups in total. The van der Waals surface area contributed by atoms with E-state index >= 15 is 0 Å². The first kappa shape index (κ1) is 12.6. The number of unbranched alkanes of at least 4 members (excludes halogenated alkanes) is 2. The van der Waals surface area contributed by atoms with E-state index in [9.17, 15) is 15.0 Å². The minimum atomic E-state index is -0.306. The quantitative estimate of drug-likeness (QED) is 0.629. The minimum Gasteiger partial charge on any atom is -0.508 e. The molecule has 0 atom stereocenters. The molecule has 0 fully saturated rings. The molecule has 0 heterocycles. The van der Waals surface area contributed by atoms with Gasteiger partial charge in [-0.3, -0.25) is 4.79 Å². The summed E-state index contributed by atoms with van der Waals surface area (Å²) in [6.45, 7) is 2.70. The Morgan fingerprint density at radius 3 is 2.88 bits per heavy atom. The summed E-state index contributed by atoms with van der Waals surface area (Å²) in [5.74, 6) is -0.680. The number of rotatable bonds is 5. The smallest absolute Gasteiger partial charge is 0.254 e. The van der Waals surface area contributed by atoms with Gasteiger partial charge in [-0.05, 0) is 12.8 Å². The molecule has 0 spiro atoms. The molecule has 0 aromatic heterocycles. The predicted molar refractivity (Wildman–Crippen MR) is 62.1 cm³/mol. The van der Waals surface area contributed by atoms with Gasteiger partial charge in [0.15, 0.2) is 5.76 Å². The number of hydrogen-bond acceptors (Lipinski definition) is 3. The largest absolute Gasteiger partial charge is 0.508 e. The van der Waals surface area contributed by atoms with E-state index in [0.717, 1.165) is 19.3 Å². The van der Waals surface area contributed by atoms with Gasteiger partial charge in [-0.15, -0.1) is 0 Å². The second kappa shape index (κ2) is 6.20. The summed E-state index contributed by atoms with van der Waals surface area (Å²) < 4.78 is 0. The molecule has 90 valence electrons. The lowest BCUT2D eigenvalue weighted by Gasteiger charge is -2.13. The summed E-state index contributed by atoms with van der Waals surface area (Å²) in [7, 11) is 0. The number of aliphatic hydroxyl groups excluding tert-OH is 2. The molecule has 1 rings (SSSR count). The van der Waals surface area contributed by atoms with E-state index < -0.39 is 0 Å². The van der Waals surface area contributed by atoms with Gasteiger partial charge >= 0.3 is 0 Å². The van der Waals surface area contributed by atoms with E-state index in [0.29, 0.717) is 19.4 Å². The second-order valence-corrected chi connectivity index (χ2v) is 3.91. The Morgan fingerprint density at radius 2 is 2.19 bits per heavy atom. The van der Waals surface area contributed by atoms with Crippen molar-refractivity contribution in [3.63, 3.8) is 0 Å². The molecule has 0 saturated carbocycles. The van der Waals surface area contributed by atoms with Crippen molar-refractivity contribution in [2.24, 2.45) is 0 Å². The maximum atomic E-state index is 11.6. The van der Waals surface area contributed by atoms with Gasteiger partial charge in [0.25, 0.3) is 5.91 Å². The number of carbonyl (C=O) groups is 1. The third-order valence-electron chi connectivity index (χ3n) is 2.57. The molecular weight excluding hydrogens is 206 g/mol. The second-order valence-electron chi connectivity index (χ2n) is 3.91. The Labute approximate surface area is 95.7 Å². The van der Waals surface area contributed by atoms with Crippen LogP contribution in [0.5, 0.6) is 0 Å². The fourth-order valence-corrected chi connectivity index (χ4v) is 1.60. The van der Waals surface area contributed by atoms with Crippen LogP contribution in [0, 0.1) is 0 Å². The molecule has 0 unspecified atom stereocenters. The number of carbonyl (C=O) groups excluding carboxylic acids is 1. The van der Waals surface area contributed by atoms with Crippen molar-refractivity contribution < 1.29 is 15.0 Å². The van der Waals surface area contributed by atoms with Gasteiger partial charge in [0.2, 0.25) is 0 Å². The summed E-state index contributed by atoms with van der Waals surface area (Å²) in [6.07, 6.45) is 5.76. The molecule has 1 aliphatic rings. The van der Waals surface area contributed by atoms with Gasteiger partial charge < -0.3 is 15.5 Å². The summed E-state index contributed by atoms with van der Waals surface area (Å²) >= 11 is 0. The van der Waals surface area contributed by atoms with Crippen molar-refractivity contribution in [3.8, 4) is 0 Å². The highest BCUT2D eigenvalue weighted by Crippen LogP contribution is 2.21. The molecule has 4 heteroatoms. The number of allylic oxidation sites excluding steroid dienone is 2. The number of amides is 1. The molecular formula is C12H19NO3. The molecule has 16 heavy (non-hydrogen) atoms. The van der Waals surface area contributed by atoms with E-state index in [2.05, 4.69) is 12.2 Å². The Kier molecular flexibility index (Phi) is 4.89.